The van der Waals surface area contributed by atoms with E-state index in [1.165, 1.54) is 7.11 Å². The molecule has 272 valence electrons. The van der Waals surface area contributed by atoms with Crippen LogP contribution in [0.2, 0.25) is 0 Å². The van der Waals surface area contributed by atoms with Crippen LogP contribution in [0.15, 0.2) is 48.5 Å². The Morgan fingerprint density at radius 3 is 1.74 bits per heavy atom. The third-order valence-electron chi connectivity index (χ3n) is 7.85. The first-order valence-electron chi connectivity index (χ1n) is 16.9. The minimum absolute atomic E-state index is 0.0385. The van der Waals surface area contributed by atoms with Gasteiger partial charge in [0.1, 0.15) is 29.9 Å². The Labute approximate surface area is 293 Å². The van der Waals surface area contributed by atoms with Crippen LogP contribution in [0.4, 0.5) is 4.79 Å². The fourth-order valence-corrected chi connectivity index (χ4v) is 5.77. The number of fused-ring (bicyclic) bond motifs is 3. The van der Waals surface area contributed by atoms with Gasteiger partial charge < -0.3 is 29.6 Å². The molecule has 3 atom stereocenters. The molecule has 12 heteroatoms. The Morgan fingerprint density at radius 2 is 1.24 bits per heavy atom. The van der Waals surface area contributed by atoms with Gasteiger partial charge in [0.2, 0.25) is 5.91 Å². The average Bonchev–Trinajstić information content (AvgIpc) is 3.34. The quantitative estimate of drug-likeness (QED) is 0.183. The van der Waals surface area contributed by atoms with Crippen molar-refractivity contribution in [1.82, 2.24) is 10.6 Å². The van der Waals surface area contributed by atoms with Crippen molar-refractivity contribution in [1.29, 1.82) is 0 Å². The van der Waals surface area contributed by atoms with Crippen molar-refractivity contribution in [3.63, 3.8) is 0 Å². The number of nitrogens with one attached hydrogen (secondary N) is 2. The van der Waals surface area contributed by atoms with Crippen LogP contribution in [-0.2, 0) is 42.9 Å². The maximum Gasteiger partial charge on any atom is 0.407 e. The van der Waals surface area contributed by atoms with Gasteiger partial charge in [-0.3, -0.25) is 19.2 Å². The highest BCUT2D eigenvalue weighted by Crippen LogP contribution is 2.44. The van der Waals surface area contributed by atoms with Crippen molar-refractivity contribution >= 4 is 35.7 Å². The molecule has 0 bridgehead atoms. The Morgan fingerprint density at radius 1 is 0.720 bits per heavy atom. The molecule has 0 spiro atoms. The van der Waals surface area contributed by atoms with Gasteiger partial charge >= 0.3 is 24.0 Å². The van der Waals surface area contributed by atoms with Crippen LogP contribution in [0.1, 0.15) is 97.6 Å². The SMILES string of the molecule is CCC[C@H](NC(=O)[C@H](CC(=O)OC(C)(C)C)CC(=O)[C@H](CC(=O)OC(C)(C)C)NC(=O)OCC1c2ccccc2-c2ccccc21)C(=O)OC. The number of alkyl carbamates (subject to hydrolysis) is 1. The van der Waals surface area contributed by atoms with Crippen molar-refractivity contribution in [2.24, 2.45) is 5.92 Å². The molecule has 2 amide bonds. The number of esters is 3. The fraction of sp³-hybridized carbons (Fsp3) is 0.526. The summed E-state index contributed by atoms with van der Waals surface area (Å²) in [6, 6.07) is 13.2. The minimum atomic E-state index is -1.46. The molecule has 0 radical (unpaired) electrons. The number of ether oxygens (including phenoxy) is 4. The summed E-state index contributed by atoms with van der Waals surface area (Å²) >= 11 is 0. The maximum absolute atomic E-state index is 13.8. The predicted octanol–water partition coefficient (Wildman–Crippen LogP) is 5.39. The molecule has 0 aromatic heterocycles. The van der Waals surface area contributed by atoms with E-state index in [9.17, 15) is 28.8 Å². The summed E-state index contributed by atoms with van der Waals surface area (Å²) < 4.78 is 21.3. The van der Waals surface area contributed by atoms with Crippen molar-refractivity contribution in [3.8, 4) is 11.1 Å². The molecule has 12 nitrogen and oxygen atoms in total. The molecular weight excluding hydrogens is 644 g/mol. The fourth-order valence-electron chi connectivity index (χ4n) is 5.77. The van der Waals surface area contributed by atoms with Crippen LogP contribution in [0, 0.1) is 5.92 Å². The Hall–Kier alpha value is -4.74. The van der Waals surface area contributed by atoms with Crippen LogP contribution >= 0.6 is 0 Å². The largest absolute Gasteiger partial charge is 0.467 e. The average molecular weight is 695 g/mol. The van der Waals surface area contributed by atoms with E-state index in [0.29, 0.717) is 6.42 Å². The van der Waals surface area contributed by atoms with Gasteiger partial charge in [-0.25, -0.2) is 9.59 Å². The molecule has 1 aliphatic carbocycles. The number of amides is 2. The zero-order valence-electron chi connectivity index (χ0n) is 30.3. The molecule has 1 aliphatic rings. The van der Waals surface area contributed by atoms with E-state index in [1.54, 1.807) is 41.5 Å². The Bertz CT molecular complexity index is 1510. The van der Waals surface area contributed by atoms with E-state index in [2.05, 4.69) is 10.6 Å². The van der Waals surface area contributed by atoms with Crippen molar-refractivity contribution in [2.45, 2.75) is 110 Å². The standard InChI is InChI=1S/C38H50N2O10/c1-9-14-29(35(45)47-8)39-34(44)23(20-32(42)49-37(2,3)4)19-31(41)30(21-33(43)50-38(5,6)7)40-36(46)48-22-28-26-17-12-10-15-24(26)25-16-11-13-18-27(25)28/h10-13,15-18,23,28-30H,9,14,19-22H2,1-8H3,(H,39,44)(H,40,46)/t23-,29-,30-/m0/s1. The van der Waals surface area contributed by atoms with E-state index < -0.39 is 84.2 Å². The van der Waals surface area contributed by atoms with Gasteiger partial charge in [-0.1, -0.05) is 61.9 Å². The van der Waals surface area contributed by atoms with Gasteiger partial charge in [0.05, 0.1) is 25.9 Å². The van der Waals surface area contributed by atoms with Crippen LogP contribution in [0.3, 0.4) is 0 Å². The summed E-state index contributed by atoms with van der Waals surface area (Å²) in [6.45, 7) is 11.8. The van der Waals surface area contributed by atoms with E-state index in [0.717, 1.165) is 22.3 Å². The lowest BCUT2D eigenvalue weighted by atomic mass is 9.93. The van der Waals surface area contributed by atoms with Gasteiger partial charge in [-0.2, -0.15) is 0 Å². The molecule has 0 aliphatic heterocycles. The number of hydrogen-bond acceptors (Lipinski definition) is 10. The first-order chi connectivity index (χ1) is 23.4. The third-order valence-corrected chi connectivity index (χ3v) is 7.85. The molecular formula is C38H50N2O10. The number of Topliss-reactive ketones (excluding diaryl/α,β-unsaturated/α-hetero) is 1. The zero-order chi connectivity index (χ0) is 37.2. The molecule has 0 unspecified atom stereocenters. The highest BCUT2D eigenvalue weighted by molar-refractivity contribution is 5.96. The number of methoxy groups -OCH3 is 1. The third kappa shape index (κ3) is 11.7. The van der Waals surface area contributed by atoms with Crippen molar-refractivity contribution < 1.29 is 47.7 Å². The van der Waals surface area contributed by atoms with Crippen LogP contribution in [0.25, 0.3) is 11.1 Å². The molecule has 0 saturated carbocycles. The molecule has 2 N–H and O–H groups in total. The predicted molar refractivity (Wildman–Crippen MR) is 185 cm³/mol. The molecule has 0 saturated heterocycles. The number of carbonyl (C=O) groups excluding carboxylic acids is 6. The van der Waals surface area contributed by atoms with Crippen LogP contribution in [-0.4, -0.2) is 72.7 Å². The van der Waals surface area contributed by atoms with E-state index in [-0.39, 0.29) is 18.9 Å². The molecule has 2 aromatic rings. The van der Waals surface area contributed by atoms with E-state index >= 15 is 0 Å². The van der Waals surface area contributed by atoms with Gasteiger partial charge in [0, 0.05) is 12.3 Å². The molecule has 2 aromatic carbocycles. The molecule has 3 rings (SSSR count). The zero-order valence-corrected chi connectivity index (χ0v) is 30.3. The second-order valence-corrected chi connectivity index (χ2v) is 14.3. The summed E-state index contributed by atoms with van der Waals surface area (Å²) in [5, 5.41) is 5.08. The minimum Gasteiger partial charge on any atom is -0.467 e. The Kier molecular flexibility index (Phi) is 13.7. The first-order valence-corrected chi connectivity index (χ1v) is 16.9. The highest BCUT2D eigenvalue weighted by atomic mass is 16.6. The van der Waals surface area contributed by atoms with E-state index in [4.69, 9.17) is 18.9 Å². The summed E-state index contributed by atoms with van der Waals surface area (Å²) in [5.41, 5.74) is 2.31. The number of hydrogen-bond donors (Lipinski definition) is 2. The number of carbonyl (C=O) groups is 6. The topological polar surface area (TPSA) is 163 Å². The molecule has 50 heavy (non-hydrogen) atoms. The van der Waals surface area contributed by atoms with Gasteiger partial charge in [-0.15, -0.1) is 0 Å². The van der Waals surface area contributed by atoms with Crippen molar-refractivity contribution in [2.75, 3.05) is 13.7 Å². The van der Waals surface area contributed by atoms with Gasteiger partial charge in [0.15, 0.2) is 5.78 Å². The monoisotopic (exact) mass is 694 g/mol. The van der Waals surface area contributed by atoms with Crippen LogP contribution < -0.4 is 10.6 Å². The normalized spacial score (nSPS) is 14.2. The smallest absolute Gasteiger partial charge is 0.407 e. The summed E-state index contributed by atoms with van der Waals surface area (Å²) in [7, 11) is 1.19. The first kappa shape index (κ1) is 39.7. The van der Waals surface area contributed by atoms with Crippen LogP contribution in [0.5, 0.6) is 0 Å². The second-order valence-electron chi connectivity index (χ2n) is 14.3. The number of ketones is 1. The van der Waals surface area contributed by atoms with Gasteiger partial charge in [0.25, 0.3) is 0 Å². The van der Waals surface area contributed by atoms with E-state index in [1.807, 2.05) is 55.5 Å². The summed E-state index contributed by atoms with van der Waals surface area (Å²) in [6.07, 6.45) is -1.77. The number of rotatable bonds is 15. The van der Waals surface area contributed by atoms with Crippen molar-refractivity contribution in [3.05, 3.63) is 59.7 Å². The Balaban J connectivity index is 1.83. The highest BCUT2D eigenvalue weighted by Gasteiger charge is 2.35. The lowest BCUT2D eigenvalue weighted by Gasteiger charge is -2.25. The second kappa shape index (κ2) is 17.3. The summed E-state index contributed by atoms with van der Waals surface area (Å²) in [4.78, 5) is 78.7. The maximum atomic E-state index is 13.8. The number of benzene rings is 2. The summed E-state index contributed by atoms with van der Waals surface area (Å²) in [5.74, 6) is -5.22. The molecule has 0 heterocycles. The molecule has 0 fully saturated rings. The lowest BCUT2D eigenvalue weighted by molar-refractivity contribution is -0.159. The van der Waals surface area contributed by atoms with Gasteiger partial charge in [-0.05, 0) is 70.2 Å². The lowest BCUT2D eigenvalue weighted by Crippen LogP contribution is -2.48.